The van der Waals surface area contributed by atoms with E-state index in [1.165, 1.54) is 30.4 Å². The summed E-state index contributed by atoms with van der Waals surface area (Å²) in [6, 6.07) is 14.7. The van der Waals surface area contributed by atoms with Crippen molar-refractivity contribution >= 4 is 11.6 Å². The van der Waals surface area contributed by atoms with Crippen LogP contribution in [0.1, 0.15) is 35.7 Å². The number of benzene rings is 1. The molecule has 0 radical (unpaired) electrons. The van der Waals surface area contributed by atoms with Crippen LogP contribution in [-0.2, 0) is 13.0 Å². The average Bonchev–Trinajstić information content (AvgIpc) is 3.11. The molecule has 1 atom stereocenters. The van der Waals surface area contributed by atoms with E-state index in [-0.39, 0.29) is 0 Å². The smallest absolute Gasteiger partial charge is 0.191 e. The zero-order valence-electron chi connectivity index (χ0n) is 15.0. The number of hydrogen-bond acceptors (Lipinski definition) is 3. The Bertz CT molecular complexity index is 913. The molecule has 0 bridgehead atoms. The Labute approximate surface area is 153 Å². The van der Waals surface area contributed by atoms with E-state index in [2.05, 4.69) is 50.1 Å². The van der Waals surface area contributed by atoms with Crippen molar-refractivity contribution < 1.29 is 0 Å². The van der Waals surface area contributed by atoms with Gasteiger partial charge in [-0.15, -0.1) is 10.2 Å². The molecule has 2 aromatic heterocycles. The van der Waals surface area contributed by atoms with Crippen LogP contribution in [-0.4, -0.2) is 34.2 Å². The molecule has 1 aromatic carbocycles. The van der Waals surface area contributed by atoms with Crippen molar-refractivity contribution in [2.24, 2.45) is 4.99 Å². The maximum atomic E-state index is 4.34. The molecule has 0 amide bonds. The number of rotatable bonds is 4. The van der Waals surface area contributed by atoms with Crippen LogP contribution < -0.4 is 10.6 Å². The highest BCUT2D eigenvalue weighted by molar-refractivity contribution is 5.79. The van der Waals surface area contributed by atoms with Gasteiger partial charge in [0.15, 0.2) is 17.4 Å². The van der Waals surface area contributed by atoms with Crippen LogP contribution in [0.15, 0.2) is 53.7 Å². The lowest BCUT2D eigenvalue weighted by Crippen LogP contribution is -2.39. The standard InChI is InChI=1S/C20H24N6/c1-21-20(23-14-19-25-24-18-11-4-5-12-26(18)19)22-13-16-9-6-8-15-7-2-3-10-17(15)16/h2-5,7,10-12,16H,6,8-9,13-14H2,1H3,(H2,21,22,23). The lowest BCUT2D eigenvalue weighted by Gasteiger charge is -2.26. The number of pyridine rings is 1. The summed E-state index contributed by atoms with van der Waals surface area (Å²) in [5, 5.41) is 15.2. The fourth-order valence-electron chi connectivity index (χ4n) is 3.68. The lowest BCUT2D eigenvalue weighted by atomic mass is 9.83. The molecular formula is C20H24N6. The summed E-state index contributed by atoms with van der Waals surface area (Å²) in [4.78, 5) is 4.34. The second kappa shape index (κ2) is 7.56. The van der Waals surface area contributed by atoms with Crippen LogP contribution >= 0.6 is 0 Å². The fraction of sp³-hybridized carbons (Fsp3) is 0.350. The van der Waals surface area contributed by atoms with E-state index >= 15 is 0 Å². The highest BCUT2D eigenvalue weighted by atomic mass is 15.3. The largest absolute Gasteiger partial charge is 0.356 e. The Morgan fingerprint density at radius 1 is 1.15 bits per heavy atom. The van der Waals surface area contributed by atoms with Crippen molar-refractivity contribution in [3.05, 3.63) is 65.6 Å². The van der Waals surface area contributed by atoms with Crippen molar-refractivity contribution in [1.82, 2.24) is 25.2 Å². The minimum atomic E-state index is 0.535. The second-order valence-corrected chi connectivity index (χ2v) is 6.64. The van der Waals surface area contributed by atoms with Gasteiger partial charge < -0.3 is 10.6 Å². The molecule has 6 heteroatoms. The summed E-state index contributed by atoms with van der Waals surface area (Å²) in [7, 11) is 1.80. The number of aromatic nitrogens is 3. The maximum absolute atomic E-state index is 4.34. The van der Waals surface area contributed by atoms with Gasteiger partial charge in [-0.3, -0.25) is 9.39 Å². The first-order valence-corrected chi connectivity index (χ1v) is 9.16. The Morgan fingerprint density at radius 2 is 2.04 bits per heavy atom. The zero-order chi connectivity index (χ0) is 17.8. The Kier molecular flexibility index (Phi) is 4.82. The maximum Gasteiger partial charge on any atom is 0.191 e. The molecule has 1 aliphatic carbocycles. The molecule has 2 heterocycles. The van der Waals surface area contributed by atoms with Crippen molar-refractivity contribution in [2.75, 3.05) is 13.6 Å². The predicted octanol–water partition coefficient (Wildman–Crippen LogP) is 2.51. The second-order valence-electron chi connectivity index (χ2n) is 6.64. The lowest BCUT2D eigenvalue weighted by molar-refractivity contribution is 0.539. The van der Waals surface area contributed by atoms with Crippen LogP contribution in [0.25, 0.3) is 5.65 Å². The van der Waals surface area contributed by atoms with E-state index in [0.717, 1.165) is 24.0 Å². The third-order valence-electron chi connectivity index (χ3n) is 5.03. The molecule has 0 aliphatic heterocycles. The molecule has 0 spiro atoms. The molecule has 26 heavy (non-hydrogen) atoms. The van der Waals surface area contributed by atoms with Crippen LogP contribution in [0.3, 0.4) is 0 Å². The van der Waals surface area contributed by atoms with Gasteiger partial charge >= 0.3 is 0 Å². The third kappa shape index (κ3) is 3.40. The number of hydrogen-bond donors (Lipinski definition) is 2. The molecule has 0 saturated heterocycles. The van der Waals surface area contributed by atoms with E-state index in [9.17, 15) is 0 Å². The van der Waals surface area contributed by atoms with E-state index in [4.69, 9.17) is 0 Å². The number of aliphatic imine (C=N–C) groups is 1. The number of nitrogens with zero attached hydrogens (tertiary/aromatic N) is 4. The van der Waals surface area contributed by atoms with Crippen LogP contribution in [0, 0.1) is 0 Å². The van der Waals surface area contributed by atoms with Gasteiger partial charge in [-0.2, -0.15) is 0 Å². The van der Waals surface area contributed by atoms with Gasteiger partial charge in [0.1, 0.15) is 0 Å². The SMILES string of the molecule is CN=C(NCc1nnc2ccccn12)NCC1CCCc2ccccc21. The molecule has 134 valence electrons. The normalized spacial score (nSPS) is 17.1. The topological polar surface area (TPSA) is 66.6 Å². The molecule has 2 N–H and O–H groups in total. The van der Waals surface area contributed by atoms with Crippen molar-refractivity contribution in [1.29, 1.82) is 0 Å². The number of nitrogens with one attached hydrogen (secondary N) is 2. The summed E-state index contributed by atoms with van der Waals surface area (Å²) in [5.41, 5.74) is 3.82. The molecule has 1 unspecified atom stereocenters. The molecule has 0 saturated carbocycles. The summed E-state index contributed by atoms with van der Waals surface area (Å²) < 4.78 is 1.98. The molecule has 6 nitrogen and oxygen atoms in total. The fourth-order valence-corrected chi connectivity index (χ4v) is 3.68. The van der Waals surface area contributed by atoms with Gasteiger partial charge in [-0.1, -0.05) is 30.3 Å². The van der Waals surface area contributed by atoms with Gasteiger partial charge in [0.25, 0.3) is 0 Å². The van der Waals surface area contributed by atoms with Crippen LogP contribution in [0.2, 0.25) is 0 Å². The van der Waals surface area contributed by atoms with E-state index in [1.54, 1.807) is 7.05 Å². The van der Waals surface area contributed by atoms with Crippen molar-refractivity contribution in [2.45, 2.75) is 31.7 Å². The van der Waals surface area contributed by atoms with E-state index < -0.39 is 0 Å². The first kappa shape index (κ1) is 16.6. The van der Waals surface area contributed by atoms with Gasteiger partial charge in [0.05, 0.1) is 6.54 Å². The Hall–Kier alpha value is -2.89. The molecule has 1 aliphatic rings. The number of guanidine groups is 1. The summed E-state index contributed by atoms with van der Waals surface area (Å²) in [5.74, 6) is 2.19. The quantitative estimate of drug-likeness (QED) is 0.562. The Morgan fingerprint density at radius 3 is 2.96 bits per heavy atom. The van der Waals surface area contributed by atoms with Crippen LogP contribution in [0.5, 0.6) is 0 Å². The average molecular weight is 348 g/mol. The first-order chi connectivity index (χ1) is 12.8. The first-order valence-electron chi connectivity index (χ1n) is 9.16. The highest BCUT2D eigenvalue weighted by Gasteiger charge is 2.19. The predicted molar refractivity (Wildman–Crippen MR) is 103 cm³/mol. The van der Waals surface area contributed by atoms with Gasteiger partial charge in [-0.05, 0) is 42.5 Å². The summed E-state index contributed by atoms with van der Waals surface area (Å²) in [6.45, 7) is 1.46. The molecule has 0 fully saturated rings. The molecule has 3 aromatic rings. The monoisotopic (exact) mass is 348 g/mol. The number of aryl methyl sites for hydroxylation is 1. The third-order valence-corrected chi connectivity index (χ3v) is 5.03. The minimum absolute atomic E-state index is 0.535. The van der Waals surface area contributed by atoms with Crippen molar-refractivity contribution in [3.8, 4) is 0 Å². The Balaban J connectivity index is 1.37. The van der Waals surface area contributed by atoms with Gasteiger partial charge in [0, 0.05) is 25.7 Å². The zero-order valence-corrected chi connectivity index (χ0v) is 15.0. The van der Waals surface area contributed by atoms with Crippen LogP contribution in [0.4, 0.5) is 0 Å². The van der Waals surface area contributed by atoms with Gasteiger partial charge in [-0.25, -0.2) is 0 Å². The van der Waals surface area contributed by atoms with Crippen molar-refractivity contribution in [3.63, 3.8) is 0 Å². The number of fused-ring (bicyclic) bond motifs is 2. The summed E-state index contributed by atoms with van der Waals surface area (Å²) >= 11 is 0. The molecular weight excluding hydrogens is 324 g/mol. The molecule has 4 rings (SSSR count). The van der Waals surface area contributed by atoms with Gasteiger partial charge in [0.2, 0.25) is 0 Å². The van der Waals surface area contributed by atoms with E-state index in [1.807, 2.05) is 28.8 Å². The summed E-state index contributed by atoms with van der Waals surface area (Å²) in [6.07, 6.45) is 5.64. The van der Waals surface area contributed by atoms with E-state index in [0.29, 0.717) is 12.5 Å². The highest BCUT2D eigenvalue weighted by Crippen LogP contribution is 2.30. The minimum Gasteiger partial charge on any atom is -0.356 e.